The van der Waals surface area contributed by atoms with Gasteiger partial charge in [-0.25, -0.2) is 9.48 Å². The predicted octanol–water partition coefficient (Wildman–Crippen LogP) is 2.76. The van der Waals surface area contributed by atoms with Crippen molar-refractivity contribution in [2.24, 2.45) is 0 Å². The van der Waals surface area contributed by atoms with Gasteiger partial charge >= 0.3 is 5.97 Å². The van der Waals surface area contributed by atoms with Crippen LogP contribution in [-0.2, 0) is 33.6 Å². The molecule has 0 bridgehead atoms. The summed E-state index contributed by atoms with van der Waals surface area (Å²) < 4.78 is 6.66. The lowest BCUT2D eigenvalue weighted by Crippen LogP contribution is -2.28. The summed E-state index contributed by atoms with van der Waals surface area (Å²) in [6, 6.07) is 14.7. The van der Waals surface area contributed by atoms with Crippen LogP contribution in [0.2, 0.25) is 0 Å². The molecule has 0 saturated heterocycles. The Morgan fingerprint density at radius 1 is 1.03 bits per heavy atom. The summed E-state index contributed by atoms with van der Waals surface area (Å²) in [4.78, 5) is 25.2. The number of amides is 1. The molecular weight excluding hydrogens is 382 g/mol. The van der Waals surface area contributed by atoms with Gasteiger partial charge in [0.25, 0.3) is 5.91 Å². The molecule has 1 heterocycles. The molecule has 8 nitrogen and oxygen atoms in total. The number of para-hydroxylation sites is 1. The monoisotopic (exact) mass is 407 g/mol. The lowest BCUT2D eigenvalue weighted by molar-refractivity contribution is -0.151. The molecule has 1 aromatic heterocycles. The van der Waals surface area contributed by atoms with Crippen molar-refractivity contribution in [1.82, 2.24) is 20.2 Å². The molecule has 3 rings (SSSR count). The van der Waals surface area contributed by atoms with E-state index in [2.05, 4.69) is 20.8 Å². The number of esters is 1. The van der Waals surface area contributed by atoms with Crippen LogP contribution < -0.4 is 5.32 Å². The third-order valence-corrected chi connectivity index (χ3v) is 4.84. The van der Waals surface area contributed by atoms with Gasteiger partial charge in [-0.1, -0.05) is 62.4 Å². The second kappa shape index (κ2) is 10.3. The van der Waals surface area contributed by atoms with E-state index in [9.17, 15) is 9.59 Å². The van der Waals surface area contributed by atoms with Crippen molar-refractivity contribution < 1.29 is 14.3 Å². The molecule has 0 radical (unpaired) electrons. The average molecular weight is 407 g/mol. The highest BCUT2D eigenvalue weighted by Gasteiger charge is 2.25. The van der Waals surface area contributed by atoms with Crippen molar-refractivity contribution in [3.8, 4) is 0 Å². The normalized spacial score (nSPS) is 11.7. The quantitative estimate of drug-likeness (QED) is 0.548. The van der Waals surface area contributed by atoms with Crippen LogP contribution >= 0.6 is 0 Å². The van der Waals surface area contributed by atoms with Gasteiger partial charge in [-0.15, -0.1) is 5.10 Å². The Labute approximate surface area is 175 Å². The van der Waals surface area contributed by atoms with E-state index in [1.54, 1.807) is 0 Å². The maximum absolute atomic E-state index is 12.7. The maximum Gasteiger partial charge on any atom is 0.331 e. The number of anilines is 1. The number of nitrogens with one attached hydrogen (secondary N) is 1. The van der Waals surface area contributed by atoms with Gasteiger partial charge in [0.05, 0.1) is 0 Å². The third kappa shape index (κ3) is 5.28. The van der Waals surface area contributed by atoms with Gasteiger partial charge < -0.3 is 10.1 Å². The second-order valence-electron chi connectivity index (χ2n) is 6.81. The van der Waals surface area contributed by atoms with E-state index in [0.29, 0.717) is 6.42 Å². The minimum Gasteiger partial charge on any atom is -0.454 e. The summed E-state index contributed by atoms with van der Waals surface area (Å²) in [5.74, 6) is -0.949. The molecule has 2 aromatic carbocycles. The first kappa shape index (κ1) is 21.2. The topological polar surface area (TPSA) is 99.0 Å². The summed E-state index contributed by atoms with van der Waals surface area (Å²) in [5, 5.41) is 13.9. The van der Waals surface area contributed by atoms with Crippen LogP contribution in [0.15, 0.2) is 54.9 Å². The number of carbonyl (C=O) groups is 2. The number of tetrazole rings is 1. The summed E-state index contributed by atoms with van der Waals surface area (Å²) in [6.45, 7) is 3.68. The molecule has 0 saturated carbocycles. The first-order valence-electron chi connectivity index (χ1n) is 9.96. The van der Waals surface area contributed by atoms with Crippen LogP contribution in [0.25, 0.3) is 0 Å². The Kier molecular flexibility index (Phi) is 7.26. The highest BCUT2D eigenvalue weighted by atomic mass is 16.5. The molecule has 1 N–H and O–H groups in total. The van der Waals surface area contributed by atoms with Gasteiger partial charge in [0, 0.05) is 12.1 Å². The largest absolute Gasteiger partial charge is 0.454 e. The molecule has 30 heavy (non-hydrogen) atoms. The Balaban J connectivity index is 1.66. The summed E-state index contributed by atoms with van der Waals surface area (Å²) in [7, 11) is 0. The molecule has 8 heteroatoms. The molecular formula is C22H25N5O3. The Morgan fingerprint density at radius 3 is 2.33 bits per heavy atom. The minimum absolute atomic E-state index is 0.352. The van der Waals surface area contributed by atoms with E-state index < -0.39 is 12.0 Å². The van der Waals surface area contributed by atoms with Gasteiger partial charge in [0.2, 0.25) is 0 Å². The number of nitrogens with zero attached hydrogens (tertiary/aromatic N) is 4. The molecule has 3 aromatic rings. The zero-order valence-electron chi connectivity index (χ0n) is 17.1. The van der Waals surface area contributed by atoms with Gasteiger partial charge in [0.15, 0.2) is 12.6 Å². The minimum atomic E-state index is -0.760. The van der Waals surface area contributed by atoms with Crippen LogP contribution in [0.3, 0.4) is 0 Å². The van der Waals surface area contributed by atoms with Crippen LogP contribution in [-0.4, -0.2) is 38.7 Å². The molecule has 0 spiro atoms. The number of benzene rings is 2. The highest BCUT2D eigenvalue weighted by molar-refractivity contribution is 5.94. The second-order valence-corrected chi connectivity index (χ2v) is 6.81. The van der Waals surface area contributed by atoms with Crippen molar-refractivity contribution in [2.75, 3.05) is 11.9 Å². The number of aryl methyl sites for hydroxylation is 2. The van der Waals surface area contributed by atoms with Crippen molar-refractivity contribution >= 4 is 17.6 Å². The Morgan fingerprint density at radius 2 is 1.73 bits per heavy atom. The average Bonchev–Trinajstić information content (AvgIpc) is 3.31. The zero-order valence-corrected chi connectivity index (χ0v) is 17.1. The molecule has 0 unspecified atom stereocenters. The molecule has 0 aliphatic rings. The van der Waals surface area contributed by atoms with Gasteiger partial charge in [-0.05, 0) is 40.0 Å². The summed E-state index contributed by atoms with van der Waals surface area (Å²) in [5.41, 5.74) is 3.82. The Hall–Kier alpha value is -3.55. The van der Waals surface area contributed by atoms with Crippen LogP contribution in [0.5, 0.6) is 0 Å². The zero-order chi connectivity index (χ0) is 21.3. The van der Waals surface area contributed by atoms with Crippen molar-refractivity contribution in [2.45, 2.75) is 39.2 Å². The predicted molar refractivity (Wildman–Crippen MR) is 112 cm³/mol. The molecule has 0 aliphatic carbocycles. The lowest BCUT2D eigenvalue weighted by atomic mass is 10.0. The number of ether oxygens (including phenoxy) is 1. The van der Waals surface area contributed by atoms with Gasteiger partial charge in [-0.3, -0.25) is 4.79 Å². The number of aromatic nitrogens is 4. The fourth-order valence-electron chi connectivity index (χ4n) is 3.24. The van der Waals surface area contributed by atoms with E-state index in [-0.39, 0.29) is 12.5 Å². The Bertz CT molecular complexity index is 951. The van der Waals surface area contributed by atoms with Gasteiger partial charge in [-0.2, -0.15) is 0 Å². The van der Waals surface area contributed by atoms with Crippen molar-refractivity contribution in [3.05, 3.63) is 71.5 Å². The van der Waals surface area contributed by atoms with Gasteiger partial charge in [0.1, 0.15) is 6.33 Å². The number of carbonyl (C=O) groups excluding carboxylic acids is 2. The molecule has 0 aliphatic heterocycles. The van der Waals surface area contributed by atoms with E-state index in [1.807, 2.05) is 62.4 Å². The van der Waals surface area contributed by atoms with Crippen molar-refractivity contribution in [1.29, 1.82) is 0 Å². The molecule has 0 fully saturated rings. The SMILES string of the molecule is CCc1cccc(CC)c1NC(=O)COC(=O)[C@H](Cc1ccccc1)n1cnnn1. The molecule has 1 amide bonds. The van der Waals surface area contributed by atoms with E-state index in [1.165, 1.54) is 11.0 Å². The van der Waals surface area contributed by atoms with E-state index in [4.69, 9.17) is 4.74 Å². The highest BCUT2D eigenvalue weighted by Crippen LogP contribution is 2.22. The third-order valence-electron chi connectivity index (χ3n) is 4.84. The van der Waals surface area contributed by atoms with E-state index in [0.717, 1.165) is 35.2 Å². The molecule has 1 atom stereocenters. The number of hydrogen-bond acceptors (Lipinski definition) is 6. The van der Waals surface area contributed by atoms with Crippen LogP contribution in [0.4, 0.5) is 5.69 Å². The van der Waals surface area contributed by atoms with Crippen LogP contribution in [0.1, 0.15) is 36.6 Å². The summed E-state index contributed by atoms with van der Waals surface area (Å²) in [6.07, 6.45) is 3.30. The van der Waals surface area contributed by atoms with Crippen LogP contribution in [0, 0.1) is 0 Å². The molecule has 156 valence electrons. The summed E-state index contributed by atoms with van der Waals surface area (Å²) >= 11 is 0. The first-order valence-corrected chi connectivity index (χ1v) is 9.96. The van der Waals surface area contributed by atoms with E-state index >= 15 is 0 Å². The number of rotatable bonds is 9. The maximum atomic E-state index is 12.7. The fourth-order valence-corrected chi connectivity index (χ4v) is 3.24. The fraction of sp³-hybridized carbons (Fsp3) is 0.318. The standard InChI is InChI=1S/C22H25N5O3/c1-3-17-11-8-12-18(4-2)21(17)24-20(28)14-30-22(29)19(27-15-23-25-26-27)13-16-9-6-5-7-10-16/h5-12,15,19H,3-4,13-14H2,1-2H3,(H,24,28)/t19-/m0/s1. The van der Waals surface area contributed by atoms with Crippen molar-refractivity contribution in [3.63, 3.8) is 0 Å². The number of hydrogen-bond donors (Lipinski definition) is 1. The smallest absolute Gasteiger partial charge is 0.331 e. The lowest BCUT2D eigenvalue weighted by Gasteiger charge is -2.17. The first-order chi connectivity index (χ1) is 14.6.